The van der Waals surface area contributed by atoms with Crippen molar-refractivity contribution >= 4 is 29.6 Å². The van der Waals surface area contributed by atoms with Gasteiger partial charge < -0.3 is 29.7 Å². The van der Waals surface area contributed by atoms with Crippen molar-refractivity contribution in [2.75, 3.05) is 25.1 Å². The van der Waals surface area contributed by atoms with E-state index in [4.69, 9.17) is 14.2 Å². The van der Waals surface area contributed by atoms with E-state index in [1.807, 2.05) is 0 Å². The Kier molecular flexibility index (Phi) is 9.60. The summed E-state index contributed by atoms with van der Waals surface area (Å²) in [6, 6.07) is 4.58. The molecular formula is C45H61NO8. The van der Waals surface area contributed by atoms with Crippen LogP contribution in [-0.4, -0.2) is 53.7 Å². The van der Waals surface area contributed by atoms with Crippen molar-refractivity contribution in [1.29, 1.82) is 0 Å². The summed E-state index contributed by atoms with van der Waals surface area (Å²) in [5.74, 6) is -1.55. The fraction of sp³-hybridized carbons (Fsp3) is 0.667. The molecule has 1 heterocycles. The lowest BCUT2D eigenvalue weighted by Gasteiger charge is -2.72. The van der Waals surface area contributed by atoms with Crippen LogP contribution in [0.1, 0.15) is 118 Å². The predicted molar refractivity (Wildman–Crippen MR) is 207 cm³/mol. The lowest BCUT2D eigenvalue weighted by molar-refractivity contribution is -0.308. The second-order valence-electron chi connectivity index (χ2n) is 19.3. The number of phenolic OH excluding ortho intramolecular Hbond substituents is 1. The largest absolute Gasteiger partial charge is 0.508 e. The average Bonchev–Trinajstić information content (AvgIpc) is 3.60. The molecule has 7 rings (SSSR count). The molecule has 294 valence electrons. The minimum Gasteiger partial charge on any atom is -0.508 e. The summed E-state index contributed by atoms with van der Waals surface area (Å²) in [5, 5.41) is 24.0. The summed E-state index contributed by atoms with van der Waals surface area (Å²) >= 11 is 0. The third-order valence-corrected chi connectivity index (χ3v) is 16.1. The number of aliphatic carboxylic acids is 1. The summed E-state index contributed by atoms with van der Waals surface area (Å²) in [4.78, 5) is 39.5. The quantitative estimate of drug-likeness (QED) is 0.109. The number of amides is 1. The van der Waals surface area contributed by atoms with E-state index in [9.17, 15) is 24.6 Å². The van der Waals surface area contributed by atoms with Crippen LogP contribution in [0, 0.1) is 50.2 Å². The van der Waals surface area contributed by atoms with Crippen molar-refractivity contribution in [3.63, 3.8) is 0 Å². The van der Waals surface area contributed by atoms with Gasteiger partial charge in [0.05, 0.1) is 18.6 Å². The van der Waals surface area contributed by atoms with E-state index in [0.29, 0.717) is 55.6 Å². The molecule has 6 aliphatic rings. The number of carboxylic acid groups (broad SMARTS) is 1. The van der Waals surface area contributed by atoms with Crippen LogP contribution in [0.5, 0.6) is 5.75 Å². The Balaban J connectivity index is 1.25. The van der Waals surface area contributed by atoms with E-state index >= 15 is 0 Å². The fourth-order valence-electron chi connectivity index (χ4n) is 13.2. The Morgan fingerprint density at radius 3 is 2.35 bits per heavy atom. The number of anilines is 1. The number of nitrogens with one attached hydrogen (secondary N) is 1. The summed E-state index contributed by atoms with van der Waals surface area (Å²) in [5.41, 5.74) is 0.329. The van der Waals surface area contributed by atoms with Gasteiger partial charge in [0.1, 0.15) is 12.4 Å². The third-order valence-electron chi connectivity index (χ3n) is 16.1. The molecule has 1 aliphatic heterocycles. The molecule has 1 spiro atoms. The number of hydrogen-bond donors (Lipinski definition) is 3. The average molecular weight is 744 g/mol. The number of benzene rings is 1. The maximum Gasteiger partial charge on any atom is 0.330 e. The monoisotopic (exact) mass is 743 g/mol. The van der Waals surface area contributed by atoms with Gasteiger partial charge in [-0.2, -0.15) is 0 Å². The van der Waals surface area contributed by atoms with Gasteiger partial charge >= 0.3 is 11.9 Å². The highest BCUT2D eigenvalue weighted by Gasteiger charge is 2.73. The summed E-state index contributed by atoms with van der Waals surface area (Å²) in [6.45, 7) is 17.3. The van der Waals surface area contributed by atoms with Gasteiger partial charge in [0.15, 0.2) is 5.79 Å². The molecule has 1 saturated heterocycles. The molecule has 1 aromatic rings. The van der Waals surface area contributed by atoms with Gasteiger partial charge in [-0.3, -0.25) is 9.59 Å². The normalized spacial score (nSPS) is 37.5. The molecular weight excluding hydrogens is 682 g/mol. The SMILES string of the molecule is C/C=C/C(=O)Nc1ccc(O)cc1/C=C/C(=O)OC[C@@]12CC[C@@]3(C(=O)O)CCC(C)(C)CC3C1=CCC1[C@@]3(C)CCC4(OCCO4)C(C)(C)C3CC[C@]12C. The number of hydrogen-bond acceptors (Lipinski definition) is 7. The van der Waals surface area contributed by atoms with Crippen LogP contribution in [0.4, 0.5) is 5.69 Å². The fourth-order valence-corrected chi connectivity index (χ4v) is 13.2. The third kappa shape index (κ3) is 5.81. The number of esters is 1. The number of phenols is 1. The summed E-state index contributed by atoms with van der Waals surface area (Å²) < 4.78 is 19.2. The highest BCUT2D eigenvalue weighted by molar-refractivity contribution is 6.01. The van der Waals surface area contributed by atoms with Crippen molar-refractivity contribution in [3.05, 3.63) is 53.6 Å². The second-order valence-corrected chi connectivity index (χ2v) is 19.3. The first-order chi connectivity index (χ1) is 25.4. The lowest BCUT2D eigenvalue weighted by Crippen LogP contribution is -2.68. The van der Waals surface area contributed by atoms with Gasteiger partial charge in [-0.1, -0.05) is 59.3 Å². The Labute approximate surface area is 321 Å². The van der Waals surface area contributed by atoms with Gasteiger partial charge in [-0.15, -0.1) is 0 Å². The lowest BCUT2D eigenvalue weighted by atomic mass is 9.33. The van der Waals surface area contributed by atoms with Crippen LogP contribution in [-0.2, 0) is 28.6 Å². The van der Waals surface area contributed by atoms with Crippen molar-refractivity contribution in [2.45, 2.75) is 118 Å². The predicted octanol–water partition coefficient (Wildman–Crippen LogP) is 9.07. The molecule has 0 radical (unpaired) electrons. The Morgan fingerprint density at radius 2 is 1.65 bits per heavy atom. The number of ether oxygens (including phenoxy) is 3. The zero-order valence-electron chi connectivity index (χ0n) is 33.4. The number of fused-ring (bicyclic) bond motifs is 7. The Bertz CT molecular complexity index is 1780. The summed E-state index contributed by atoms with van der Waals surface area (Å²) in [6.07, 6.45) is 16.6. The zero-order valence-corrected chi connectivity index (χ0v) is 33.4. The first kappa shape index (κ1) is 38.8. The second kappa shape index (κ2) is 13.4. The molecule has 4 saturated carbocycles. The molecule has 3 N–H and O–H groups in total. The van der Waals surface area contributed by atoms with Crippen molar-refractivity contribution in [1.82, 2.24) is 0 Å². The maximum atomic E-state index is 13.8. The van der Waals surface area contributed by atoms with Crippen LogP contribution >= 0.6 is 0 Å². The van der Waals surface area contributed by atoms with E-state index in [2.05, 4.69) is 52.9 Å². The first-order valence-electron chi connectivity index (χ1n) is 20.2. The first-order valence-corrected chi connectivity index (χ1v) is 20.2. The highest BCUT2D eigenvalue weighted by Crippen LogP contribution is 2.77. The van der Waals surface area contributed by atoms with Crippen molar-refractivity contribution in [3.8, 4) is 5.75 Å². The van der Waals surface area contributed by atoms with Gasteiger partial charge in [-0.05, 0) is 129 Å². The van der Waals surface area contributed by atoms with Crippen LogP contribution in [0.3, 0.4) is 0 Å². The maximum absolute atomic E-state index is 13.8. The standard InChI is InChI=1S/C45H61NO8/c1-8-9-36(48)46-33-13-11-30(47)26-29(33)10-15-37(49)52-28-44-22-21-43(38(50)51)20-18-39(2,3)27-32(43)31(44)12-14-35-41(6)19-23-45(53-24-25-54-45)40(4,5)34(41)16-17-42(35,44)7/h8-13,15,26,32,34-35,47H,14,16-25,27-28H2,1-7H3,(H,46,48)(H,50,51)/b9-8+,15-10+/t32?,34?,35?,41-,42+,43-,44-/m0/s1. The minimum absolute atomic E-state index is 0.00136. The molecule has 0 bridgehead atoms. The number of aromatic hydroxyl groups is 1. The molecule has 7 atom stereocenters. The van der Waals surface area contributed by atoms with Gasteiger partial charge in [0.2, 0.25) is 5.91 Å². The molecule has 5 fully saturated rings. The van der Waals surface area contributed by atoms with E-state index in [1.165, 1.54) is 29.9 Å². The number of carbonyl (C=O) groups is 3. The zero-order chi connectivity index (χ0) is 39.0. The van der Waals surface area contributed by atoms with E-state index in [0.717, 1.165) is 44.9 Å². The highest BCUT2D eigenvalue weighted by atomic mass is 16.7. The topological polar surface area (TPSA) is 131 Å². The van der Waals surface area contributed by atoms with Crippen LogP contribution in [0.2, 0.25) is 0 Å². The number of allylic oxidation sites excluding steroid dienone is 2. The number of rotatable bonds is 7. The Hall–Kier alpha value is -3.43. The molecule has 9 heteroatoms. The van der Waals surface area contributed by atoms with Crippen LogP contribution < -0.4 is 5.32 Å². The molecule has 1 aromatic carbocycles. The molecule has 1 amide bonds. The Morgan fingerprint density at radius 1 is 0.926 bits per heavy atom. The van der Waals surface area contributed by atoms with Crippen LogP contribution in [0.15, 0.2) is 48.1 Å². The number of carboxylic acids is 1. The van der Waals surface area contributed by atoms with Crippen LogP contribution in [0.25, 0.3) is 6.08 Å². The van der Waals surface area contributed by atoms with Gasteiger partial charge in [-0.25, -0.2) is 4.79 Å². The van der Waals surface area contributed by atoms with Crippen molar-refractivity contribution < 1.29 is 38.8 Å². The smallest absolute Gasteiger partial charge is 0.330 e. The van der Waals surface area contributed by atoms with Gasteiger partial charge in [0.25, 0.3) is 0 Å². The summed E-state index contributed by atoms with van der Waals surface area (Å²) in [7, 11) is 0. The van der Waals surface area contributed by atoms with Crippen molar-refractivity contribution in [2.24, 2.45) is 50.2 Å². The van der Waals surface area contributed by atoms with E-state index in [1.54, 1.807) is 25.1 Å². The van der Waals surface area contributed by atoms with E-state index in [-0.39, 0.29) is 45.8 Å². The van der Waals surface area contributed by atoms with Gasteiger partial charge in [0, 0.05) is 34.6 Å². The molecule has 0 aromatic heterocycles. The number of carbonyl (C=O) groups excluding carboxylic acids is 2. The molecule has 5 aliphatic carbocycles. The minimum atomic E-state index is -0.821. The molecule has 9 nitrogen and oxygen atoms in total. The van der Waals surface area contributed by atoms with E-state index < -0.39 is 28.6 Å². The molecule has 54 heavy (non-hydrogen) atoms. The molecule has 3 unspecified atom stereocenters.